The molecule has 23 heavy (non-hydrogen) atoms. The van der Waals surface area contributed by atoms with Crippen molar-refractivity contribution < 1.29 is 4.57 Å². The van der Waals surface area contributed by atoms with Gasteiger partial charge in [-0.15, -0.1) is 0 Å². The molecule has 4 rings (SSSR count). The van der Waals surface area contributed by atoms with E-state index in [1.807, 2.05) is 6.07 Å². The first-order valence-electron chi connectivity index (χ1n) is 7.86. The number of para-hydroxylation sites is 1. The predicted octanol–water partition coefficient (Wildman–Crippen LogP) is 5.00. The van der Waals surface area contributed by atoms with Crippen molar-refractivity contribution >= 4 is 10.9 Å². The smallest absolute Gasteiger partial charge is 0.201 e. The quantitative estimate of drug-likeness (QED) is 0.458. The minimum atomic E-state index is 1.25. The molecule has 0 atom stereocenters. The van der Waals surface area contributed by atoms with E-state index in [9.17, 15) is 0 Å². The lowest BCUT2D eigenvalue weighted by atomic mass is 9.98. The summed E-state index contributed by atoms with van der Waals surface area (Å²) < 4.78 is 2.16. The first-order chi connectivity index (χ1) is 11.3. The van der Waals surface area contributed by atoms with Gasteiger partial charge in [-0.3, -0.25) is 0 Å². The molecule has 1 aromatic heterocycles. The van der Waals surface area contributed by atoms with Crippen LogP contribution >= 0.6 is 0 Å². The van der Waals surface area contributed by atoms with E-state index in [0.717, 1.165) is 0 Å². The maximum Gasteiger partial charge on any atom is 0.212 e. The molecule has 0 aliphatic rings. The Morgan fingerprint density at radius 1 is 0.565 bits per heavy atom. The molecule has 0 N–H and O–H groups in total. The van der Waals surface area contributed by atoms with Gasteiger partial charge in [0.05, 0.1) is 5.39 Å². The summed E-state index contributed by atoms with van der Waals surface area (Å²) in [6.07, 6.45) is 2.13. The van der Waals surface area contributed by atoms with Crippen LogP contribution in [0.1, 0.15) is 0 Å². The molecule has 1 heteroatoms. The topological polar surface area (TPSA) is 3.88 Å². The van der Waals surface area contributed by atoms with Gasteiger partial charge in [0, 0.05) is 17.7 Å². The highest BCUT2D eigenvalue weighted by atomic mass is 14.9. The van der Waals surface area contributed by atoms with Crippen molar-refractivity contribution in [2.45, 2.75) is 0 Å². The Labute approximate surface area is 136 Å². The van der Waals surface area contributed by atoms with Gasteiger partial charge in [-0.25, -0.2) is 4.57 Å². The van der Waals surface area contributed by atoms with Crippen LogP contribution in [0.3, 0.4) is 0 Å². The number of aromatic nitrogens is 1. The lowest BCUT2D eigenvalue weighted by Crippen LogP contribution is -2.28. The molecule has 0 unspecified atom stereocenters. The van der Waals surface area contributed by atoms with E-state index < -0.39 is 0 Å². The number of hydrogen-bond acceptors (Lipinski definition) is 0. The summed E-state index contributed by atoms with van der Waals surface area (Å²) in [5.41, 5.74) is 6.28. The number of aryl methyl sites for hydroxylation is 1. The molecule has 110 valence electrons. The molecule has 0 aliphatic heterocycles. The molecule has 0 radical (unpaired) electrons. The molecule has 0 saturated carbocycles. The number of hydrogen-bond donors (Lipinski definition) is 0. The Morgan fingerprint density at radius 3 is 1.96 bits per heavy atom. The highest BCUT2D eigenvalue weighted by molar-refractivity contribution is 5.92. The average molecular weight is 296 g/mol. The Morgan fingerprint density at radius 2 is 1.17 bits per heavy atom. The van der Waals surface area contributed by atoms with Crippen LogP contribution in [0.4, 0.5) is 0 Å². The van der Waals surface area contributed by atoms with Crippen LogP contribution in [0.15, 0.2) is 91.1 Å². The Kier molecular flexibility index (Phi) is 3.39. The lowest BCUT2D eigenvalue weighted by molar-refractivity contribution is -0.644. The van der Waals surface area contributed by atoms with Gasteiger partial charge in [0.1, 0.15) is 7.05 Å². The molecule has 0 spiro atoms. The zero-order valence-electron chi connectivity index (χ0n) is 13.1. The van der Waals surface area contributed by atoms with Gasteiger partial charge in [-0.2, -0.15) is 0 Å². The van der Waals surface area contributed by atoms with Crippen LogP contribution in [0, 0.1) is 0 Å². The van der Waals surface area contributed by atoms with E-state index >= 15 is 0 Å². The number of fused-ring (bicyclic) bond motifs is 1. The fourth-order valence-corrected chi connectivity index (χ4v) is 3.09. The van der Waals surface area contributed by atoms with Crippen molar-refractivity contribution in [1.29, 1.82) is 0 Å². The summed E-state index contributed by atoms with van der Waals surface area (Å²) in [6, 6.07) is 30.1. The molecular weight excluding hydrogens is 278 g/mol. The summed E-state index contributed by atoms with van der Waals surface area (Å²) in [4.78, 5) is 0. The highest BCUT2D eigenvalue weighted by Crippen LogP contribution is 2.28. The maximum absolute atomic E-state index is 2.21. The number of nitrogens with zero attached hydrogens (tertiary/aromatic N) is 1. The molecule has 4 aromatic rings. The number of rotatable bonds is 2. The second kappa shape index (κ2) is 5.69. The van der Waals surface area contributed by atoms with Gasteiger partial charge >= 0.3 is 0 Å². The van der Waals surface area contributed by atoms with Crippen molar-refractivity contribution in [2.75, 3.05) is 0 Å². The Bertz CT molecular complexity index is 954. The Balaban J connectivity index is 1.82. The van der Waals surface area contributed by atoms with Crippen LogP contribution in [-0.2, 0) is 7.05 Å². The molecule has 1 heterocycles. The summed E-state index contributed by atoms with van der Waals surface area (Å²) in [7, 11) is 2.09. The van der Waals surface area contributed by atoms with Crippen molar-refractivity contribution in [3.05, 3.63) is 91.1 Å². The van der Waals surface area contributed by atoms with Crippen LogP contribution in [0.25, 0.3) is 33.2 Å². The summed E-state index contributed by atoms with van der Waals surface area (Å²) in [6.45, 7) is 0. The van der Waals surface area contributed by atoms with Crippen LogP contribution in [-0.4, -0.2) is 0 Å². The Hall–Kier alpha value is -2.93. The monoisotopic (exact) mass is 296 g/mol. The van der Waals surface area contributed by atoms with Crippen LogP contribution in [0.2, 0.25) is 0 Å². The molecule has 0 fully saturated rings. The van der Waals surface area contributed by atoms with Crippen molar-refractivity contribution in [1.82, 2.24) is 0 Å². The van der Waals surface area contributed by atoms with Crippen LogP contribution in [0.5, 0.6) is 0 Å². The van der Waals surface area contributed by atoms with E-state index in [1.54, 1.807) is 0 Å². The van der Waals surface area contributed by atoms with Gasteiger partial charge in [-0.05, 0) is 22.8 Å². The normalized spacial score (nSPS) is 10.8. The van der Waals surface area contributed by atoms with E-state index in [0.29, 0.717) is 0 Å². The number of pyridine rings is 1. The molecule has 0 amide bonds. The van der Waals surface area contributed by atoms with E-state index in [4.69, 9.17) is 0 Å². The van der Waals surface area contributed by atoms with Gasteiger partial charge in [0.2, 0.25) is 5.52 Å². The molecule has 0 bridgehead atoms. The third-order valence-corrected chi connectivity index (χ3v) is 4.34. The molecular formula is C22H18N+. The van der Waals surface area contributed by atoms with Crippen LogP contribution < -0.4 is 4.57 Å². The fraction of sp³-hybridized carbons (Fsp3) is 0.0455. The van der Waals surface area contributed by atoms with Gasteiger partial charge in [0.15, 0.2) is 6.20 Å². The standard InChI is InChI=1S/C22H18N/c1-23-16-15-20(21-9-5-6-10-22(21)23)19-13-11-18(12-14-19)17-7-3-2-4-8-17/h2-16H,1H3/q+1. The second-order valence-corrected chi connectivity index (χ2v) is 5.80. The molecule has 1 nitrogen and oxygen atoms in total. The maximum atomic E-state index is 2.21. The van der Waals surface area contributed by atoms with Crippen molar-refractivity contribution in [3.63, 3.8) is 0 Å². The zero-order chi connectivity index (χ0) is 15.6. The predicted molar refractivity (Wildman–Crippen MR) is 96.0 cm³/mol. The lowest BCUT2D eigenvalue weighted by Gasteiger charge is -2.07. The first-order valence-corrected chi connectivity index (χ1v) is 7.86. The average Bonchev–Trinajstić information content (AvgIpc) is 2.63. The zero-order valence-corrected chi connectivity index (χ0v) is 13.1. The summed E-state index contributed by atoms with van der Waals surface area (Å²) in [5, 5.41) is 1.28. The van der Waals surface area contributed by atoms with E-state index in [-0.39, 0.29) is 0 Å². The SMILES string of the molecule is C[n+]1ccc(-c2ccc(-c3ccccc3)cc2)c2ccccc21. The van der Waals surface area contributed by atoms with Gasteiger partial charge < -0.3 is 0 Å². The summed E-state index contributed by atoms with van der Waals surface area (Å²) in [5.74, 6) is 0. The van der Waals surface area contributed by atoms with E-state index in [2.05, 4.69) is 96.7 Å². The molecule has 0 saturated heterocycles. The first kappa shape index (κ1) is 13.7. The molecule has 3 aromatic carbocycles. The van der Waals surface area contributed by atoms with Crippen molar-refractivity contribution in [3.8, 4) is 22.3 Å². The largest absolute Gasteiger partial charge is 0.212 e. The van der Waals surface area contributed by atoms with Crippen molar-refractivity contribution in [2.24, 2.45) is 7.05 Å². The third-order valence-electron chi connectivity index (χ3n) is 4.34. The minimum Gasteiger partial charge on any atom is -0.201 e. The second-order valence-electron chi connectivity index (χ2n) is 5.80. The highest BCUT2D eigenvalue weighted by Gasteiger charge is 2.10. The van der Waals surface area contributed by atoms with Gasteiger partial charge in [0.25, 0.3) is 0 Å². The molecule has 0 aliphatic carbocycles. The fourth-order valence-electron chi connectivity index (χ4n) is 3.09. The summed E-state index contributed by atoms with van der Waals surface area (Å²) >= 11 is 0. The van der Waals surface area contributed by atoms with Gasteiger partial charge in [-0.1, -0.05) is 66.7 Å². The number of benzene rings is 3. The van der Waals surface area contributed by atoms with E-state index in [1.165, 1.54) is 33.2 Å². The third kappa shape index (κ3) is 2.51. The minimum absolute atomic E-state index is 1.25.